The Kier molecular flexibility index (Phi) is 3.04. The topological polar surface area (TPSA) is 43.1 Å². The zero-order valence-electron chi connectivity index (χ0n) is 12.3. The number of hydrogen-bond acceptors (Lipinski definition) is 3. The summed E-state index contributed by atoms with van der Waals surface area (Å²) in [4.78, 5) is 12.7. The molecule has 0 radical (unpaired) electrons. The molecule has 1 aromatic carbocycles. The standard InChI is InChI=1S/C17H12F2N4/c1-10-2-3-15-11(4-10)7-20-16(22-15)12-5-14(19)17-21-13(6-18)9-23(17)8-12/h2-5,7-9H,6H2,1H3. The molecular weight excluding hydrogens is 298 g/mol. The van der Waals surface area contributed by atoms with Gasteiger partial charge in [0.1, 0.15) is 6.67 Å². The summed E-state index contributed by atoms with van der Waals surface area (Å²) in [5, 5.41) is 0.928. The molecule has 0 N–H and O–H groups in total. The van der Waals surface area contributed by atoms with E-state index in [-0.39, 0.29) is 11.3 Å². The molecule has 0 saturated heterocycles. The van der Waals surface area contributed by atoms with Gasteiger partial charge >= 0.3 is 0 Å². The first kappa shape index (κ1) is 13.8. The van der Waals surface area contributed by atoms with Crippen molar-refractivity contribution in [1.82, 2.24) is 19.4 Å². The molecule has 114 valence electrons. The number of benzene rings is 1. The molecule has 3 aromatic heterocycles. The van der Waals surface area contributed by atoms with Crippen LogP contribution >= 0.6 is 0 Å². The smallest absolute Gasteiger partial charge is 0.173 e. The van der Waals surface area contributed by atoms with E-state index in [0.717, 1.165) is 16.5 Å². The molecule has 0 spiro atoms. The van der Waals surface area contributed by atoms with Crippen LogP contribution in [-0.4, -0.2) is 19.4 Å². The number of hydrogen-bond donors (Lipinski definition) is 0. The number of fused-ring (bicyclic) bond motifs is 2. The highest BCUT2D eigenvalue weighted by atomic mass is 19.1. The van der Waals surface area contributed by atoms with Gasteiger partial charge in [0.05, 0.1) is 11.2 Å². The Hall–Kier alpha value is -2.89. The molecule has 4 nitrogen and oxygen atoms in total. The maximum Gasteiger partial charge on any atom is 0.173 e. The van der Waals surface area contributed by atoms with E-state index in [0.29, 0.717) is 11.4 Å². The third-order valence-electron chi connectivity index (χ3n) is 3.69. The highest BCUT2D eigenvalue weighted by Crippen LogP contribution is 2.22. The van der Waals surface area contributed by atoms with E-state index >= 15 is 0 Å². The van der Waals surface area contributed by atoms with Crippen molar-refractivity contribution in [3.8, 4) is 11.4 Å². The molecule has 0 atom stereocenters. The zero-order valence-corrected chi connectivity index (χ0v) is 12.3. The number of alkyl halides is 1. The summed E-state index contributed by atoms with van der Waals surface area (Å²) in [6.45, 7) is 1.26. The van der Waals surface area contributed by atoms with Crippen LogP contribution in [0.1, 0.15) is 11.3 Å². The second-order valence-electron chi connectivity index (χ2n) is 5.43. The average Bonchev–Trinajstić information content (AvgIpc) is 2.98. The van der Waals surface area contributed by atoms with Crippen LogP contribution in [0.4, 0.5) is 8.78 Å². The first-order valence-corrected chi connectivity index (χ1v) is 7.11. The predicted octanol–water partition coefficient (Wildman–Crippen LogP) is 3.86. The fourth-order valence-corrected chi connectivity index (χ4v) is 2.59. The molecule has 3 heterocycles. The Morgan fingerprint density at radius 2 is 2.00 bits per heavy atom. The molecule has 0 unspecified atom stereocenters. The van der Waals surface area contributed by atoms with Crippen LogP contribution in [0.3, 0.4) is 0 Å². The number of aromatic nitrogens is 4. The van der Waals surface area contributed by atoms with Crippen LogP contribution in [0.15, 0.2) is 42.9 Å². The molecule has 0 aliphatic carbocycles. The molecule has 6 heteroatoms. The molecule has 0 amide bonds. The van der Waals surface area contributed by atoms with Crippen molar-refractivity contribution in [1.29, 1.82) is 0 Å². The van der Waals surface area contributed by atoms with Gasteiger partial charge in [-0.2, -0.15) is 0 Å². The van der Waals surface area contributed by atoms with Gasteiger partial charge in [-0.05, 0) is 25.1 Å². The van der Waals surface area contributed by atoms with Crippen molar-refractivity contribution in [2.75, 3.05) is 0 Å². The van der Waals surface area contributed by atoms with E-state index in [2.05, 4.69) is 15.0 Å². The van der Waals surface area contributed by atoms with Gasteiger partial charge in [-0.15, -0.1) is 0 Å². The van der Waals surface area contributed by atoms with E-state index < -0.39 is 12.5 Å². The highest BCUT2D eigenvalue weighted by molar-refractivity contribution is 5.80. The summed E-state index contributed by atoms with van der Waals surface area (Å²) in [7, 11) is 0. The lowest BCUT2D eigenvalue weighted by Crippen LogP contribution is -1.95. The minimum absolute atomic E-state index is 0.0952. The van der Waals surface area contributed by atoms with Crippen LogP contribution < -0.4 is 0 Å². The van der Waals surface area contributed by atoms with Crippen LogP contribution in [0, 0.1) is 12.7 Å². The largest absolute Gasteiger partial charge is 0.304 e. The minimum Gasteiger partial charge on any atom is -0.304 e. The number of aryl methyl sites for hydroxylation is 1. The molecule has 0 aliphatic rings. The zero-order chi connectivity index (χ0) is 16.0. The van der Waals surface area contributed by atoms with E-state index in [4.69, 9.17) is 0 Å². The molecule has 0 bridgehead atoms. The Balaban J connectivity index is 1.89. The van der Waals surface area contributed by atoms with Crippen molar-refractivity contribution in [3.63, 3.8) is 0 Å². The number of imidazole rings is 1. The lowest BCUT2D eigenvalue weighted by atomic mass is 10.1. The van der Waals surface area contributed by atoms with Gasteiger partial charge in [-0.25, -0.2) is 23.7 Å². The highest BCUT2D eigenvalue weighted by Gasteiger charge is 2.11. The summed E-state index contributed by atoms with van der Waals surface area (Å²) in [5.74, 6) is -0.118. The Morgan fingerprint density at radius 1 is 1.13 bits per heavy atom. The van der Waals surface area contributed by atoms with Crippen LogP contribution in [0.25, 0.3) is 27.9 Å². The van der Waals surface area contributed by atoms with Gasteiger partial charge in [0.2, 0.25) is 0 Å². The number of halogens is 2. The van der Waals surface area contributed by atoms with Gasteiger partial charge in [0, 0.05) is 29.5 Å². The minimum atomic E-state index is -0.734. The van der Waals surface area contributed by atoms with Crippen molar-refractivity contribution in [2.45, 2.75) is 13.6 Å². The first-order chi connectivity index (χ1) is 11.1. The normalized spacial score (nSPS) is 11.4. The summed E-state index contributed by atoms with van der Waals surface area (Å²) in [5.41, 5.74) is 2.71. The SMILES string of the molecule is Cc1ccc2nc(-c3cc(F)c4nc(CF)cn4c3)ncc2c1. The Morgan fingerprint density at radius 3 is 2.83 bits per heavy atom. The number of rotatable bonds is 2. The maximum atomic E-state index is 14.2. The Bertz CT molecular complexity index is 1040. The third-order valence-corrected chi connectivity index (χ3v) is 3.69. The van der Waals surface area contributed by atoms with Gasteiger partial charge in [-0.1, -0.05) is 11.6 Å². The lowest BCUT2D eigenvalue weighted by Gasteiger charge is -2.04. The quantitative estimate of drug-likeness (QED) is 0.564. The average molecular weight is 310 g/mol. The third kappa shape index (κ3) is 2.32. The van der Waals surface area contributed by atoms with Crippen LogP contribution in [0.2, 0.25) is 0 Å². The number of nitrogens with zero attached hydrogens (tertiary/aromatic N) is 4. The van der Waals surface area contributed by atoms with E-state index in [9.17, 15) is 8.78 Å². The molecule has 0 saturated carbocycles. The van der Waals surface area contributed by atoms with Crippen molar-refractivity contribution in [2.24, 2.45) is 0 Å². The second-order valence-corrected chi connectivity index (χ2v) is 5.43. The van der Waals surface area contributed by atoms with Gasteiger partial charge in [0.25, 0.3) is 0 Å². The molecular formula is C17H12F2N4. The predicted molar refractivity (Wildman–Crippen MR) is 83.2 cm³/mol. The lowest BCUT2D eigenvalue weighted by molar-refractivity contribution is 0.477. The molecule has 4 rings (SSSR count). The van der Waals surface area contributed by atoms with Gasteiger partial charge < -0.3 is 4.40 Å². The number of pyridine rings is 1. The maximum absolute atomic E-state index is 14.2. The molecule has 23 heavy (non-hydrogen) atoms. The fraction of sp³-hybridized carbons (Fsp3) is 0.118. The summed E-state index contributed by atoms with van der Waals surface area (Å²) < 4.78 is 28.4. The van der Waals surface area contributed by atoms with Crippen molar-refractivity contribution >= 4 is 16.6 Å². The Labute approximate surface area is 130 Å². The summed E-state index contributed by atoms with van der Waals surface area (Å²) >= 11 is 0. The monoisotopic (exact) mass is 310 g/mol. The van der Waals surface area contributed by atoms with Crippen molar-refractivity contribution < 1.29 is 8.78 Å². The molecule has 0 aliphatic heterocycles. The van der Waals surface area contributed by atoms with E-state index in [1.54, 1.807) is 12.4 Å². The van der Waals surface area contributed by atoms with Crippen molar-refractivity contribution in [3.05, 3.63) is 59.9 Å². The molecule has 0 fully saturated rings. The molecule has 4 aromatic rings. The van der Waals surface area contributed by atoms with E-state index in [1.807, 2.05) is 25.1 Å². The summed E-state index contributed by atoms with van der Waals surface area (Å²) in [6.07, 6.45) is 4.83. The van der Waals surface area contributed by atoms with Gasteiger partial charge in [0.15, 0.2) is 17.3 Å². The van der Waals surface area contributed by atoms with E-state index in [1.165, 1.54) is 16.7 Å². The summed E-state index contributed by atoms with van der Waals surface area (Å²) in [6, 6.07) is 7.18. The first-order valence-electron chi connectivity index (χ1n) is 7.11. The fourth-order valence-electron chi connectivity index (χ4n) is 2.59. The van der Waals surface area contributed by atoms with Crippen LogP contribution in [-0.2, 0) is 6.67 Å². The second kappa shape index (κ2) is 5.08. The van der Waals surface area contributed by atoms with Gasteiger partial charge in [-0.3, -0.25) is 0 Å². The van der Waals surface area contributed by atoms with Crippen LogP contribution in [0.5, 0.6) is 0 Å².